The first-order chi connectivity index (χ1) is 17.7. The third-order valence-corrected chi connectivity index (χ3v) is 9.45. The van der Waals surface area contributed by atoms with Gasteiger partial charge < -0.3 is 4.90 Å². The third kappa shape index (κ3) is 7.33. The van der Waals surface area contributed by atoms with Crippen LogP contribution in [-0.2, 0) is 10.0 Å². The van der Waals surface area contributed by atoms with Crippen LogP contribution in [-0.4, -0.2) is 67.8 Å². The number of halogens is 1. The van der Waals surface area contributed by atoms with Crippen molar-refractivity contribution in [2.45, 2.75) is 59.3 Å². The summed E-state index contributed by atoms with van der Waals surface area (Å²) in [7, 11) is -3.60. The van der Waals surface area contributed by atoms with Gasteiger partial charge in [-0.15, -0.1) is 12.4 Å². The molecule has 0 aliphatic heterocycles. The number of fused-ring (bicyclic) bond motifs is 1. The molecule has 0 aliphatic carbocycles. The highest BCUT2D eigenvalue weighted by atomic mass is 35.5. The molecule has 2 aromatic carbocycles. The molecule has 210 valence electrons. The maximum Gasteiger partial charge on any atom is 0.260 e. The van der Waals surface area contributed by atoms with E-state index in [0.717, 1.165) is 48.3 Å². The number of amides is 1. The van der Waals surface area contributed by atoms with Gasteiger partial charge in [-0.1, -0.05) is 45.1 Å². The average Bonchev–Trinajstić information content (AvgIpc) is 3.30. The lowest BCUT2D eigenvalue weighted by Gasteiger charge is -2.25. The lowest BCUT2D eigenvalue weighted by atomic mass is 10.1. The fourth-order valence-electron chi connectivity index (χ4n) is 4.47. The van der Waals surface area contributed by atoms with Crippen molar-refractivity contribution in [3.05, 3.63) is 53.1 Å². The van der Waals surface area contributed by atoms with Crippen molar-refractivity contribution in [1.82, 2.24) is 14.2 Å². The molecular weight excluding hydrogens is 540 g/mol. The number of carbonyl (C=O) groups is 1. The van der Waals surface area contributed by atoms with E-state index in [0.29, 0.717) is 30.3 Å². The lowest BCUT2D eigenvalue weighted by molar-refractivity contribution is 0.0983. The Bertz CT molecular complexity index is 1300. The van der Waals surface area contributed by atoms with E-state index >= 15 is 0 Å². The Kier molecular flexibility index (Phi) is 12.2. The summed E-state index contributed by atoms with van der Waals surface area (Å²) in [5.74, 6) is -0.177. The van der Waals surface area contributed by atoms with E-state index in [1.54, 1.807) is 29.2 Å². The Morgan fingerprint density at radius 3 is 2.05 bits per heavy atom. The van der Waals surface area contributed by atoms with E-state index in [1.165, 1.54) is 21.2 Å². The monoisotopic (exact) mass is 580 g/mol. The summed E-state index contributed by atoms with van der Waals surface area (Å²) >= 11 is 1.52. The number of carbonyl (C=O) groups excluding carboxylic acids is 1. The van der Waals surface area contributed by atoms with Crippen LogP contribution in [0.5, 0.6) is 0 Å². The maximum atomic E-state index is 13.8. The van der Waals surface area contributed by atoms with E-state index < -0.39 is 10.0 Å². The first-order valence-corrected chi connectivity index (χ1v) is 15.4. The first-order valence-electron chi connectivity index (χ1n) is 13.2. The van der Waals surface area contributed by atoms with E-state index in [2.05, 4.69) is 37.8 Å². The van der Waals surface area contributed by atoms with Crippen LogP contribution < -0.4 is 4.90 Å². The van der Waals surface area contributed by atoms with Crippen LogP contribution in [0.4, 0.5) is 5.13 Å². The standard InChI is InChI=1S/C28H40N4O3S2.ClH/c1-7-15-31(16-8-2)37(34,35)24-13-11-23(12-14-24)27(33)32(18-17-30(9-3)10-4)28-29-26-22(6)19-21(5)20-25(26)36-28;/h11-14,19-20H,7-10,15-18H2,1-6H3;1H. The van der Waals surface area contributed by atoms with Crippen molar-refractivity contribution in [3.8, 4) is 0 Å². The zero-order chi connectivity index (χ0) is 27.2. The van der Waals surface area contributed by atoms with Crippen molar-refractivity contribution in [2.24, 2.45) is 0 Å². The molecule has 0 N–H and O–H groups in total. The summed E-state index contributed by atoms with van der Waals surface area (Å²) in [6.45, 7) is 16.2. The van der Waals surface area contributed by atoms with Crippen LogP contribution in [0.25, 0.3) is 10.2 Å². The quantitative estimate of drug-likeness (QED) is 0.243. The Morgan fingerprint density at radius 1 is 0.895 bits per heavy atom. The maximum absolute atomic E-state index is 13.8. The molecule has 1 heterocycles. The molecule has 7 nitrogen and oxygen atoms in total. The minimum atomic E-state index is -3.60. The number of aryl methyl sites for hydroxylation is 2. The fraction of sp³-hybridized carbons (Fsp3) is 0.500. The molecule has 3 rings (SSSR count). The third-order valence-electron chi connectivity index (χ3n) is 6.51. The Labute approximate surface area is 238 Å². The predicted molar refractivity (Wildman–Crippen MR) is 162 cm³/mol. The second-order valence-corrected chi connectivity index (χ2v) is 12.3. The highest BCUT2D eigenvalue weighted by Gasteiger charge is 2.26. The van der Waals surface area contributed by atoms with Gasteiger partial charge in [0, 0.05) is 31.7 Å². The number of aromatic nitrogens is 1. The molecule has 0 saturated carbocycles. The molecule has 1 aromatic heterocycles. The van der Waals surface area contributed by atoms with Crippen molar-refractivity contribution in [1.29, 1.82) is 0 Å². The van der Waals surface area contributed by atoms with Gasteiger partial charge in [0.05, 0.1) is 15.1 Å². The van der Waals surface area contributed by atoms with Gasteiger partial charge in [0.15, 0.2) is 5.13 Å². The molecular formula is C28H41ClN4O3S2. The highest BCUT2D eigenvalue weighted by Crippen LogP contribution is 2.32. The zero-order valence-corrected chi connectivity index (χ0v) is 25.8. The van der Waals surface area contributed by atoms with Crippen molar-refractivity contribution in [3.63, 3.8) is 0 Å². The summed E-state index contributed by atoms with van der Waals surface area (Å²) in [5.41, 5.74) is 3.62. The van der Waals surface area contributed by atoms with Crippen molar-refractivity contribution in [2.75, 3.05) is 44.2 Å². The van der Waals surface area contributed by atoms with Crippen molar-refractivity contribution >= 4 is 55.0 Å². The number of thiazole rings is 1. The molecule has 0 saturated heterocycles. The van der Waals surface area contributed by atoms with Crippen molar-refractivity contribution < 1.29 is 13.2 Å². The van der Waals surface area contributed by atoms with Gasteiger partial charge in [-0.25, -0.2) is 13.4 Å². The molecule has 0 aliphatic rings. The average molecular weight is 581 g/mol. The van der Waals surface area contributed by atoms with Gasteiger partial charge in [0.1, 0.15) is 0 Å². The van der Waals surface area contributed by atoms with Gasteiger partial charge >= 0.3 is 0 Å². The number of likely N-dealkylation sites (N-methyl/N-ethyl adjacent to an activating group) is 1. The van der Waals surface area contributed by atoms with E-state index in [4.69, 9.17) is 4.98 Å². The van der Waals surface area contributed by atoms with Gasteiger partial charge in [0.25, 0.3) is 5.91 Å². The van der Waals surface area contributed by atoms with Crippen LogP contribution in [0.1, 0.15) is 62.0 Å². The van der Waals surface area contributed by atoms with Crippen LogP contribution >= 0.6 is 23.7 Å². The number of nitrogens with zero attached hydrogens (tertiary/aromatic N) is 4. The van der Waals surface area contributed by atoms with Gasteiger partial charge in [0.2, 0.25) is 10.0 Å². The molecule has 0 unspecified atom stereocenters. The topological polar surface area (TPSA) is 73.8 Å². The second kappa shape index (κ2) is 14.4. The largest absolute Gasteiger partial charge is 0.302 e. The molecule has 10 heteroatoms. The highest BCUT2D eigenvalue weighted by molar-refractivity contribution is 7.89. The van der Waals surface area contributed by atoms with Crippen LogP contribution in [0.15, 0.2) is 41.3 Å². The number of sulfonamides is 1. The lowest BCUT2D eigenvalue weighted by Crippen LogP contribution is -2.39. The van der Waals surface area contributed by atoms with Crippen LogP contribution in [0.3, 0.4) is 0 Å². The summed E-state index contributed by atoms with van der Waals surface area (Å²) in [6, 6.07) is 10.6. The Morgan fingerprint density at radius 2 is 1.50 bits per heavy atom. The van der Waals surface area contributed by atoms with Gasteiger partial charge in [-0.3, -0.25) is 9.69 Å². The minimum Gasteiger partial charge on any atom is -0.302 e. The summed E-state index contributed by atoms with van der Waals surface area (Å²) in [5, 5.41) is 0.662. The zero-order valence-electron chi connectivity index (χ0n) is 23.4. The number of hydrogen-bond acceptors (Lipinski definition) is 6. The molecule has 0 fully saturated rings. The second-order valence-electron chi connectivity index (χ2n) is 9.34. The molecule has 0 atom stereocenters. The van der Waals surface area contributed by atoms with Gasteiger partial charge in [-0.05, 0) is 81.2 Å². The van der Waals surface area contributed by atoms with Gasteiger partial charge in [-0.2, -0.15) is 4.31 Å². The molecule has 0 radical (unpaired) electrons. The summed E-state index contributed by atoms with van der Waals surface area (Å²) in [6.07, 6.45) is 1.50. The van der Waals surface area contributed by atoms with Crippen LogP contribution in [0.2, 0.25) is 0 Å². The molecule has 0 spiro atoms. The van der Waals surface area contributed by atoms with E-state index in [1.807, 2.05) is 20.8 Å². The normalized spacial score (nSPS) is 11.8. The predicted octanol–water partition coefficient (Wildman–Crippen LogP) is 6.13. The number of benzene rings is 2. The van der Waals surface area contributed by atoms with Crippen LogP contribution in [0, 0.1) is 13.8 Å². The summed E-state index contributed by atoms with van der Waals surface area (Å²) < 4.78 is 28.9. The molecule has 3 aromatic rings. The minimum absolute atomic E-state index is 0. The smallest absolute Gasteiger partial charge is 0.260 e. The SMILES string of the molecule is CCCN(CCC)S(=O)(=O)c1ccc(C(=O)N(CCN(CC)CC)c2nc3c(C)cc(C)cc3s2)cc1.Cl. The Hall–Kier alpha value is -2.04. The fourth-order valence-corrected chi connectivity index (χ4v) is 7.26. The number of hydrogen-bond donors (Lipinski definition) is 0. The Balaban J connectivity index is 0.00000507. The number of rotatable bonds is 13. The summed E-state index contributed by atoms with van der Waals surface area (Å²) in [4.78, 5) is 22.9. The first kappa shape index (κ1) is 32.2. The van der Waals surface area contributed by atoms with E-state index in [9.17, 15) is 13.2 Å². The molecule has 1 amide bonds. The molecule has 0 bridgehead atoms. The van der Waals surface area contributed by atoms with E-state index in [-0.39, 0.29) is 23.2 Å². The molecule has 38 heavy (non-hydrogen) atoms. The number of anilines is 1.